The zero-order valence-corrected chi connectivity index (χ0v) is 7.03. The standard InChI is InChI=1S/C9H10N2O2/c12-6-5-11-8-4-2-1-3-7(8)10-9(11)13/h1-4,12H,5-6H2,(H,10,13). The number of aromatic nitrogens is 2. The molecule has 1 aromatic heterocycles. The molecule has 68 valence electrons. The van der Waals surface area contributed by atoms with Crippen LogP contribution in [0.3, 0.4) is 0 Å². The lowest BCUT2D eigenvalue weighted by molar-refractivity contribution is 0.276. The molecule has 1 heterocycles. The predicted octanol–water partition coefficient (Wildman–Crippen LogP) is 0.322. The highest BCUT2D eigenvalue weighted by Crippen LogP contribution is 2.07. The minimum Gasteiger partial charge on any atom is -0.395 e. The molecule has 0 amide bonds. The first kappa shape index (κ1) is 8.07. The Bertz CT molecular complexity index is 470. The van der Waals surface area contributed by atoms with Gasteiger partial charge in [0.2, 0.25) is 0 Å². The molecule has 2 aromatic rings. The summed E-state index contributed by atoms with van der Waals surface area (Å²) in [5.41, 5.74) is 1.47. The van der Waals surface area contributed by atoms with E-state index in [4.69, 9.17) is 5.11 Å². The molecular weight excluding hydrogens is 168 g/mol. The van der Waals surface area contributed by atoms with Crippen LogP contribution in [-0.4, -0.2) is 21.3 Å². The van der Waals surface area contributed by atoms with Gasteiger partial charge in [-0.25, -0.2) is 4.79 Å². The van der Waals surface area contributed by atoms with Crippen molar-refractivity contribution in [2.45, 2.75) is 6.54 Å². The van der Waals surface area contributed by atoms with E-state index in [-0.39, 0.29) is 12.3 Å². The number of H-pyrrole nitrogens is 1. The van der Waals surface area contributed by atoms with E-state index in [1.165, 1.54) is 4.57 Å². The predicted molar refractivity (Wildman–Crippen MR) is 49.6 cm³/mol. The molecule has 13 heavy (non-hydrogen) atoms. The van der Waals surface area contributed by atoms with Gasteiger partial charge in [0.05, 0.1) is 24.2 Å². The van der Waals surface area contributed by atoms with Crippen molar-refractivity contribution in [3.8, 4) is 0 Å². The number of benzene rings is 1. The fourth-order valence-electron chi connectivity index (χ4n) is 1.43. The zero-order chi connectivity index (χ0) is 9.26. The lowest BCUT2D eigenvalue weighted by Gasteiger charge is -1.97. The Kier molecular flexibility index (Phi) is 1.90. The number of nitrogens with one attached hydrogen (secondary N) is 1. The zero-order valence-electron chi connectivity index (χ0n) is 7.03. The van der Waals surface area contributed by atoms with Gasteiger partial charge in [0.25, 0.3) is 0 Å². The molecule has 0 aliphatic rings. The number of fused-ring (bicyclic) bond motifs is 1. The summed E-state index contributed by atoms with van der Waals surface area (Å²) >= 11 is 0. The number of hydrogen-bond donors (Lipinski definition) is 2. The van der Waals surface area contributed by atoms with Gasteiger partial charge in [-0.05, 0) is 12.1 Å². The molecule has 4 nitrogen and oxygen atoms in total. The molecular formula is C9H10N2O2. The van der Waals surface area contributed by atoms with Gasteiger partial charge in [-0.15, -0.1) is 0 Å². The van der Waals surface area contributed by atoms with Crippen molar-refractivity contribution < 1.29 is 5.11 Å². The van der Waals surface area contributed by atoms with Gasteiger partial charge in [0.1, 0.15) is 0 Å². The third-order valence-corrected chi connectivity index (χ3v) is 2.01. The van der Waals surface area contributed by atoms with Crippen LogP contribution in [-0.2, 0) is 6.54 Å². The van der Waals surface area contributed by atoms with Crippen LogP contribution in [0, 0.1) is 0 Å². The molecule has 4 heteroatoms. The summed E-state index contributed by atoms with van der Waals surface area (Å²) in [5, 5.41) is 8.75. The summed E-state index contributed by atoms with van der Waals surface area (Å²) in [4.78, 5) is 14.0. The van der Waals surface area contributed by atoms with Crippen molar-refractivity contribution >= 4 is 11.0 Å². The summed E-state index contributed by atoms with van der Waals surface area (Å²) in [6.07, 6.45) is 0. The van der Waals surface area contributed by atoms with Crippen LogP contribution >= 0.6 is 0 Å². The number of aliphatic hydroxyl groups excluding tert-OH is 1. The maximum absolute atomic E-state index is 11.3. The van der Waals surface area contributed by atoms with Gasteiger partial charge in [-0.3, -0.25) is 4.57 Å². The molecule has 0 bridgehead atoms. The second-order valence-electron chi connectivity index (χ2n) is 2.82. The lowest BCUT2D eigenvalue weighted by atomic mass is 10.3. The van der Waals surface area contributed by atoms with E-state index < -0.39 is 0 Å². The van der Waals surface area contributed by atoms with Gasteiger partial charge >= 0.3 is 5.69 Å². The molecule has 0 saturated heterocycles. The maximum Gasteiger partial charge on any atom is 0.326 e. The Labute approximate surface area is 74.4 Å². The average Bonchev–Trinajstić information content (AvgIpc) is 2.44. The number of nitrogens with zero attached hydrogens (tertiary/aromatic N) is 1. The van der Waals surface area contributed by atoms with E-state index in [1.54, 1.807) is 0 Å². The SMILES string of the molecule is O=c1[nH]c2ccccc2n1CCO. The molecule has 0 fully saturated rings. The van der Waals surface area contributed by atoms with Crippen molar-refractivity contribution in [2.75, 3.05) is 6.61 Å². The molecule has 0 aliphatic carbocycles. The number of hydrogen-bond acceptors (Lipinski definition) is 2. The number of imidazole rings is 1. The van der Waals surface area contributed by atoms with Crippen molar-refractivity contribution in [1.29, 1.82) is 0 Å². The normalized spacial score (nSPS) is 10.8. The monoisotopic (exact) mass is 178 g/mol. The van der Waals surface area contributed by atoms with E-state index in [0.717, 1.165) is 11.0 Å². The average molecular weight is 178 g/mol. The minimum atomic E-state index is -0.171. The highest BCUT2D eigenvalue weighted by molar-refractivity contribution is 5.74. The third-order valence-electron chi connectivity index (χ3n) is 2.01. The van der Waals surface area contributed by atoms with Crippen molar-refractivity contribution in [3.05, 3.63) is 34.7 Å². The Balaban J connectivity index is 2.71. The van der Waals surface area contributed by atoms with Crippen LogP contribution in [0.5, 0.6) is 0 Å². The van der Waals surface area contributed by atoms with Crippen molar-refractivity contribution in [3.63, 3.8) is 0 Å². The topological polar surface area (TPSA) is 58.0 Å². The van der Waals surface area contributed by atoms with Crippen LogP contribution in [0.4, 0.5) is 0 Å². The Morgan fingerprint density at radius 3 is 2.92 bits per heavy atom. The minimum absolute atomic E-state index is 0.0260. The van der Waals surface area contributed by atoms with Gasteiger partial charge in [0.15, 0.2) is 0 Å². The summed E-state index contributed by atoms with van der Waals surface area (Å²) in [7, 11) is 0. The number of rotatable bonds is 2. The van der Waals surface area contributed by atoms with Crippen LogP contribution in [0.15, 0.2) is 29.1 Å². The first-order chi connectivity index (χ1) is 6.33. The molecule has 0 radical (unpaired) electrons. The molecule has 1 aromatic carbocycles. The van der Waals surface area contributed by atoms with Crippen molar-refractivity contribution in [2.24, 2.45) is 0 Å². The smallest absolute Gasteiger partial charge is 0.326 e. The molecule has 0 spiro atoms. The maximum atomic E-state index is 11.3. The van der Waals surface area contributed by atoms with Crippen LogP contribution < -0.4 is 5.69 Å². The quantitative estimate of drug-likeness (QED) is 0.695. The summed E-state index contributed by atoms with van der Waals surface area (Å²) in [6, 6.07) is 7.42. The molecule has 2 rings (SSSR count). The Morgan fingerprint density at radius 1 is 1.38 bits per heavy atom. The number of aromatic amines is 1. The molecule has 0 atom stereocenters. The molecule has 0 aliphatic heterocycles. The van der Waals surface area contributed by atoms with Gasteiger partial charge in [-0.2, -0.15) is 0 Å². The largest absolute Gasteiger partial charge is 0.395 e. The van der Waals surface area contributed by atoms with E-state index >= 15 is 0 Å². The van der Waals surface area contributed by atoms with Gasteiger partial charge in [-0.1, -0.05) is 12.1 Å². The van der Waals surface area contributed by atoms with E-state index in [9.17, 15) is 4.79 Å². The first-order valence-electron chi connectivity index (χ1n) is 4.11. The molecule has 0 saturated carbocycles. The third kappa shape index (κ3) is 1.25. The van der Waals surface area contributed by atoms with E-state index in [1.807, 2.05) is 24.3 Å². The number of para-hydroxylation sites is 2. The summed E-state index contributed by atoms with van der Waals surface area (Å²) < 4.78 is 1.52. The fourth-order valence-corrected chi connectivity index (χ4v) is 1.43. The van der Waals surface area contributed by atoms with E-state index in [2.05, 4.69) is 4.98 Å². The Hall–Kier alpha value is -1.55. The van der Waals surface area contributed by atoms with Crippen LogP contribution in [0.25, 0.3) is 11.0 Å². The molecule has 2 N–H and O–H groups in total. The second kappa shape index (κ2) is 3.06. The first-order valence-corrected chi connectivity index (χ1v) is 4.11. The second-order valence-corrected chi connectivity index (χ2v) is 2.82. The van der Waals surface area contributed by atoms with Gasteiger partial charge < -0.3 is 10.1 Å². The Morgan fingerprint density at radius 2 is 2.15 bits per heavy atom. The number of aliphatic hydroxyl groups is 1. The van der Waals surface area contributed by atoms with Crippen molar-refractivity contribution in [1.82, 2.24) is 9.55 Å². The van der Waals surface area contributed by atoms with E-state index in [0.29, 0.717) is 6.54 Å². The van der Waals surface area contributed by atoms with Crippen LogP contribution in [0.1, 0.15) is 0 Å². The van der Waals surface area contributed by atoms with Crippen LogP contribution in [0.2, 0.25) is 0 Å². The summed E-state index contributed by atoms with van der Waals surface area (Å²) in [5.74, 6) is 0. The lowest BCUT2D eigenvalue weighted by Crippen LogP contribution is -2.18. The van der Waals surface area contributed by atoms with Gasteiger partial charge in [0, 0.05) is 0 Å². The fraction of sp³-hybridized carbons (Fsp3) is 0.222. The highest BCUT2D eigenvalue weighted by Gasteiger charge is 2.03. The molecule has 0 unspecified atom stereocenters. The summed E-state index contributed by atoms with van der Waals surface area (Å²) in [6.45, 7) is 0.310. The highest BCUT2D eigenvalue weighted by atomic mass is 16.3.